The summed E-state index contributed by atoms with van der Waals surface area (Å²) < 4.78 is 73.8. The van der Waals surface area contributed by atoms with Gasteiger partial charge in [0.25, 0.3) is 7.52 Å². The number of amides is 2. The molecule has 0 fully saturated rings. The molecule has 0 saturated carbocycles. The Hall–Kier alpha value is -0.900. The van der Waals surface area contributed by atoms with E-state index in [1.54, 1.807) is 62.3 Å². The van der Waals surface area contributed by atoms with E-state index in [0.717, 1.165) is 0 Å². The molecule has 2 amide bonds. The van der Waals surface area contributed by atoms with Crippen LogP contribution in [0.2, 0.25) is 0 Å². The van der Waals surface area contributed by atoms with Crippen molar-refractivity contribution in [2.75, 3.05) is 6.66 Å². The van der Waals surface area contributed by atoms with Gasteiger partial charge < -0.3 is 20.1 Å². The van der Waals surface area contributed by atoms with E-state index in [0.29, 0.717) is 0 Å². The lowest BCUT2D eigenvalue weighted by Crippen LogP contribution is -2.48. The fraction of sp³-hybridized carbons (Fsp3) is 0.961. The second kappa shape index (κ2) is 26.7. The molecule has 7 N–H and O–H groups in total. The summed E-state index contributed by atoms with van der Waals surface area (Å²) in [6, 6.07) is 0. The van der Waals surface area contributed by atoms with Gasteiger partial charge in [0.1, 0.15) is 7.29 Å². The number of nitrogens with one attached hydrogen (secondary N) is 6. The van der Waals surface area contributed by atoms with Crippen molar-refractivity contribution in [2.24, 2.45) is 10.8 Å². The molecule has 70 heavy (non-hydrogen) atoms. The molecule has 15 nitrogen and oxygen atoms in total. The summed E-state index contributed by atoms with van der Waals surface area (Å²) in [6.45, 7) is 69.3. The zero-order chi connectivity index (χ0) is 59.4. The Bertz CT molecular complexity index is 1760. The highest BCUT2D eigenvalue weighted by Gasteiger charge is 2.38. The van der Waals surface area contributed by atoms with E-state index >= 15 is 0 Å². The third-order valence-corrected chi connectivity index (χ3v) is 19.5. The van der Waals surface area contributed by atoms with Gasteiger partial charge >= 0.3 is 0 Å². The monoisotopic (exact) mass is 1080 g/mol. The van der Waals surface area contributed by atoms with Crippen molar-refractivity contribution in [2.45, 2.75) is 302 Å². The molecule has 0 aromatic rings. The largest absolute Gasteiger partial charge is 0.351 e. The fourth-order valence-electron chi connectivity index (χ4n) is 3.60. The molecule has 0 aromatic heterocycles. The SMILES string of the molecule is CC(C)(C)NC(=O)C(C)(C)C.CC(C)(C)NC(=O)C(C)(C)C.CC(C)(C)NP(=O)(O)C(C)(C)C.CC(C)(C)NP(C)(=O)C(C)(C)C.CC(C)(C)NS(=O)(=O)C(C)(C)C.CC(C)(C)NS(=O)(=O)C(C)(C)C. The molecule has 0 heterocycles. The van der Waals surface area contributed by atoms with E-state index in [4.69, 9.17) is 0 Å². The first-order valence-corrected chi connectivity index (χ1v) is 31.1. The zero-order valence-corrected chi connectivity index (χ0v) is 55.8. The van der Waals surface area contributed by atoms with E-state index in [-0.39, 0.29) is 50.0 Å². The Balaban J connectivity index is -0.000000176. The van der Waals surface area contributed by atoms with Crippen molar-refractivity contribution in [3.05, 3.63) is 0 Å². The molecule has 0 aliphatic carbocycles. The molecule has 428 valence electrons. The first-order valence-electron chi connectivity index (χ1n) is 24.3. The smallest absolute Gasteiger partial charge is 0.272 e. The molecule has 0 spiro atoms. The predicted molar refractivity (Wildman–Crippen MR) is 306 cm³/mol. The molecular weight excluding hydrogens is 967 g/mol. The summed E-state index contributed by atoms with van der Waals surface area (Å²) >= 11 is 0. The Morgan fingerprint density at radius 2 is 0.571 bits per heavy atom. The van der Waals surface area contributed by atoms with Crippen LogP contribution < -0.4 is 30.3 Å². The Morgan fingerprint density at radius 3 is 0.629 bits per heavy atom. The molecule has 0 aliphatic heterocycles. The molecule has 2 unspecified atom stereocenters. The van der Waals surface area contributed by atoms with Crippen LogP contribution in [0.5, 0.6) is 0 Å². The molecule has 0 radical (unpaired) electrons. The second-order valence-electron chi connectivity index (χ2n) is 30.4. The minimum absolute atomic E-state index is 0.0719. The molecule has 19 heteroatoms. The maximum absolute atomic E-state index is 12.1. The average molecular weight is 1090 g/mol. The molecule has 2 atom stereocenters. The lowest BCUT2D eigenvalue weighted by Gasteiger charge is -2.34. The van der Waals surface area contributed by atoms with Gasteiger partial charge in [-0.2, -0.15) is 0 Å². The van der Waals surface area contributed by atoms with Crippen molar-refractivity contribution < 1.29 is 40.4 Å². The Morgan fingerprint density at radius 1 is 0.357 bits per heavy atom. The quantitative estimate of drug-likeness (QED) is 0.131. The van der Waals surface area contributed by atoms with Gasteiger partial charge in [-0.25, -0.2) is 31.4 Å². The Labute approximate surface area is 435 Å². The molecule has 0 rings (SSSR count). The summed E-state index contributed by atoms with van der Waals surface area (Å²) in [5.41, 5.74) is -2.00. The van der Waals surface area contributed by atoms with Crippen LogP contribution >= 0.6 is 14.8 Å². The summed E-state index contributed by atoms with van der Waals surface area (Å²) in [5.74, 6) is 0.204. The van der Waals surface area contributed by atoms with Crippen LogP contribution in [-0.2, 0) is 38.8 Å². The van der Waals surface area contributed by atoms with Crippen LogP contribution in [0, 0.1) is 10.8 Å². The number of carbonyl (C=O) groups is 2. The van der Waals surface area contributed by atoms with Crippen molar-refractivity contribution in [3.8, 4) is 0 Å². The van der Waals surface area contributed by atoms with Crippen molar-refractivity contribution in [1.29, 1.82) is 0 Å². The maximum Gasteiger partial charge on any atom is 0.272 e. The highest BCUT2D eigenvalue weighted by atomic mass is 32.2. The highest BCUT2D eigenvalue weighted by molar-refractivity contribution is 7.91. The van der Waals surface area contributed by atoms with Crippen LogP contribution in [0.15, 0.2) is 0 Å². The summed E-state index contributed by atoms with van der Waals surface area (Å²) in [7, 11) is -11.9. The van der Waals surface area contributed by atoms with Crippen LogP contribution in [0.25, 0.3) is 0 Å². The minimum Gasteiger partial charge on any atom is -0.351 e. The summed E-state index contributed by atoms with van der Waals surface area (Å²) in [4.78, 5) is 32.4. The van der Waals surface area contributed by atoms with Crippen LogP contribution in [0.4, 0.5) is 0 Å². The van der Waals surface area contributed by atoms with Crippen LogP contribution in [0.3, 0.4) is 0 Å². The molecule has 0 bridgehead atoms. The average Bonchev–Trinajstić information content (AvgIpc) is 2.88. The van der Waals surface area contributed by atoms with E-state index in [9.17, 15) is 40.4 Å². The van der Waals surface area contributed by atoms with Gasteiger partial charge in [-0.3, -0.25) is 19.2 Å². The van der Waals surface area contributed by atoms with Crippen LogP contribution in [-0.4, -0.2) is 93.2 Å². The first-order chi connectivity index (χ1) is 29.1. The van der Waals surface area contributed by atoms with Crippen LogP contribution in [0.1, 0.15) is 249 Å². The molecular formula is C51H118N6O9P2S2. The first kappa shape index (κ1) is 80.5. The van der Waals surface area contributed by atoms with Gasteiger partial charge in [0.15, 0.2) is 0 Å². The number of hydrogen-bond donors (Lipinski definition) is 7. The maximum atomic E-state index is 12.1. The standard InChI is InChI=1S/C9H22NOP.2C9H19NO.C8H20NO2P.2C8H19NO2S/c1-8(2,3)10-12(7,11)9(4,5)6;2*1-8(2,3)7(11)10-9(4,5)6;3*1-7(2,3)9-12(10,11)8(4,5)6/h1-7H3,(H,10,11);2*1-6H3,(H,10,11);1-6H3,(H2,9,10,11);2*9H,1-6H3. The van der Waals surface area contributed by atoms with Crippen molar-refractivity contribution in [3.63, 3.8) is 0 Å². The van der Waals surface area contributed by atoms with Gasteiger partial charge in [-0.05, 0) is 187 Å². The minimum atomic E-state index is -3.25. The fourth-order valence-corrected chi connectivity index (χ4v) is 8.68. The third kappa shape index (κ3) is 44.6. The predicted octanol–water partition coefficient (Wildman–Crippen LogP) is 12.3. The highest BCUT2D eigenvalue weighted by Crippen LogP contribution is 2.52. The van der Waals surface area contributed by atoms with Gasteiger partial charge in [-0.1, -0.05) is 62.3 Å². The second-order valence-corrected chi connectivity index (χ2v) is 41.4. The van der Waals surface area contributed by atoms with Gasteiger partial charge in [0.2, 0.25) is 31.9 Å². The van der Waals surface area contributed by atoms with Crippen molar-refractivity contribution >= 4 is 46.7 Å². The van der Waals surface area contributed by atoms with E-state index in [1.807, 2.05) is 194 Å². The van der Waals surface area contributed by atoms with Crippen molar-refractivity contribution in [1.82, 2.24) is 30.3 Å². The number of hydrogen-bond acceptors (Lipinski definition) is 8. The molecule has 0 saturated heterocycles. The summed E-state index contributed by atoms with van der Waals surface area (Å²) in [6.07, 6.45) is 0. The number of sulfonamides is 2. The van der Waals surface area contributed by atoms with Gasteiger partial charge in [0.05, 0.1) is 14.7 Å². The zero-order valence-electron chi connectivity index (χ0n) is 52.4. The number of rotatable bonds is 4. The lowest BCUT2D eigenvalue weighted by atomic mass is 9.94. The lowest BCUT2D eigenvalue weighted by molar-refractivity contribution is -0.130. The summed E-state index contributed by atoms with van der Waals surface area (Å²) in [5, 5.41) is 11.0. The molecule has 0 aliphatic rings. The van der Waals surface area contributed by atoms with E-state index < -0.39 is 60.6 Å². The van der Waals surface area contributed by atoms with E-state index in [1.165, 1.54) is 0 Å². The van der Waals surface area contributed by atoms with E-state index in [2.05, 4.69) is 30.3 Å². The third-order valence-electron chi connectivity index (χ3n) is 8.06. The topological polar surface area (TPSA) is 229 Å². The Kier molecular flexibility index (Phi) is 30.7. The van der Waals surface area contributed by atoms with Gasteiger partial charge in [0, 0.05) is 55.9 Å². The molecule has 0 aromatic carbocycles. The number of carbonyl (C=O) groups excluding carboxylic acids is 2. The normalized spacial score (nSPS) is 15.6. The van der Waals surface area contributed by atoms with Gasteiger partial charge in [-0.15, -0.1) is 0 Å².